The molecule has 6 heteroatoms. The van der Waals surface area contributed by atoms with Gasteiger partial charge in [0, 0.05) is 23.5 Å². The van der Waals surface area contributed by atoms with Gasteiger partial charge in [-0.15, -0.1) is 0 Å². The minimum Gasteiger partial charge on any atom is -0.374 e. The Labute approximate surface area is 134 Å². The van der Waals surface area contributed by atoms with Crippen molar-refractivity contribution in [2.45, 2.75) is 26.3 Å². The van der Waals surface area contributed by atoms with E-state index in [0.29, 0.717) is 5.69 Å². The SMILES string of the molecule is CCc1cccc(NC(C)C(=O)Nc2cccc([N+](=O)[O-])c2)c1. The molecule has 0 heterocycles. The van der Waals surface area contributed by atoms with Crippen LogP contribution in [-0.2, 0) is 11.2 Å². The minimum atomic E-state index is -0.492. The lowest BCUT2D eigenvalue weighted by Gasteiger charge is -2.16. The van der Waals surface area contributed by atoms with E-state index in [4.69, 9.17) is 0 Å². The van der Waals surface area contributed by atoms with E-state index in [9.17, 15) is 14.9 Å². The Morgan fingerprint density at radius 2 is 1.87 bits per heavy atom. The van der Waals surface area contributed by atoms with E-state index in [1.807, 2.05) is 24.3 Å². The van der Waals surface area contributed by atoms with Crippen LogP contribution in [0.2, 0.25) is 0 Å². The first-order valence-corrected chi connectivity index (χ1v) is 7.40. The number of amides is 1. The number of rotatable bonds is 6. The number of nitro groups is 1. The molecule has 0 fully saturated rings. The Morgan fingerprint density at radius 1 is 1.17 bits per heavy atom. The van der Waals surface area contributed by atoms with Gasteiger partial charge in [-0.1, -0.05) is 25.1 Å². The second-order valence-electron chi connectivity index (χ2n) is 5.22. The molecule has 1 atom stereocenters. The van der Waals surface area contributed by atoms with Crippen LogP contribution in [-0.4, -0.2) is 16.9 Å². The molecule has 2 aromatic carbocycles. The lowest BCUT2D eigenvalue weighted by Crippen LogP contribution is -2.31. The van der Waals surface area contributed by atoms with Crippen molar-refractivity contribution in [3.05, 3.63) is 64.2 Å². The summed E-state index contributed by atoms with van der Waals surface area (Å²) in [6, 6.07) is 13.3. The van der Waals surface area contributed by atoms with Gasteiger partial charge in [0.2, 0.25) is 5.91 Å². The minimum absolute atomic E-state index is 0.0564. The topological polar surface area (TPSA) is 84.3 Å². The first-order valence-electron chi connectivity index (χ1n) is 7.40. The summed E-state index contributed by atoms with van der Waals surface area (Å²) in [7, 11) is 0. The Hall–Kier alpha value is -2.89. The van der Waals surface area contributed by atoms with Crippen LogP contribution in [0.4, 0.5) is 17.1 Å². The number of benzene rings is 2. The predicted octanol–water partition coefficient (Wildman–Crippen LogP) is 3.60. The van der Waals surface area contributed by atoms with Gasteiger partial charge < -0.3 is 10.6 Å². The lowest BCUT2D eigenvalue weighted by atomic mass is 10.1. The van der Waals surface area contributed by atoms with Crippen LogP contribution in [0, 0.1) is 10.1 Å². The number of nitrogens with one attached hydrogen (secondary N) is 2. The van der Waals surface area contributed by atoms with Gasteiger partial charge in [-0.25, -0.2) is 0 Å². The number of carbonyl (C=O) groups is 1. The smallest absolute Gasteiger partial charge is 0.271 e. The molecule has 0 saturated carbocycles. The Morgan fingerprint density at radius 3 is 2.57 bits per heavy atom. The maximum Gasteiger partial charge on any atom is 0.271 e. The van der Waals surface area contributed by atoms with Gasteiger partial charge in [0.05, 0.1) is 4.92 Å². The van der Waals surface area contributed by atoms with Crippen LogP contribution in [0.25, 0.3) is 0 Å². The van der Waals surface area contributed by atoms with Crippen LogP contribution in [0.3, 0.4) is 0 Å². The lowest BCUT2D eigenvalue weighted by molar-refractivity contribution is -0.384. The van der Waals surface area contributed by atoms with Crippen LogP contribution < -0.4 is 10.6 Å². The molecule has 0 aliphatic heterocycles. The highest BCUT2D eigenvalue weighted by atomic mass is 16.6. The summed E-state index contributed by atoms with van der Waals surface area (Å²) in [5.74, 6) is -0.257. The van der Waals surface area contributed by atoms with Gasteiger partial charge >= 0.3 is 0 Å². The van der Waals surface area contributed by atoms with Crippen LogP contribution in [0.5, 0.6) is 0 Å². The summed E-state index contributed by atoms with van der Waals surface area (Å²) in [5, 5.41) is 16.6. The molecule has 2 rings (SSSR count). The van der Waals surface area contributed by atoms with Crippen molar-refractivity contribution < 1.29 is 9.72 Å². The fraction of sp³-hybridized carbons (Fsp3) is 0.235. The Bertz CT molecular complexity index is 716. The molecule has 1 amide bonds. The number of aryl methyl sites for hydroxylation is 1. The number of carbonyl (C=O) groups excluding carboxylic acids is 1. The number of nitrogens with zero attached hydrogens (tertiary/aromatic N) is 1. The standard InChI is InChI=1S/C17H19N3O3/c1-3-13-6-4-7-14(10-13)18-12(2)17(21)19-15-8-5-9-16(11-15)20(22)23/h4-12,18H,3H2,1-2H3,(H,19,21). The van der Waals surface area contributed by atoms with Crippen molar-refractivity contribution >= 4 is 23.0 Å². The molecule has 120 valence electrons. The number of hydrogen-bond donors (Lipinski definition) is 2. The van der Waals surface area contributed by atoms with Crippen molar-refractivity contribution in [3.8, 4) is 0 Å². The number of hydrogen-bond acceptors (Lipinski definition) is 4. The maximum atomic E-state index is 12.2. The van der Waals surface area contributed by atoms with Crippen LogP contribution in [0.15, 0.2) is 48.5 Å². The van der Waals surface area contributed by atoms with E-state index in [0.717, 1.165) is 12.1 Å². The van der Waals surface area contributed by atoms with E-state index >= 15 is 0 Å². The molecule has 2 N–H and O–H groups in total. The van der Waals surface area contributed by atoms with Gasteiger partial charge in [0.15, 0.2) is 0 Å². The van der Waals surface area contributed by atoms with Crippen molar-refractivity contribution in [2.24, 2.45) is 0 Å². The fourth-order valence-corrected chi connectivity index (χ4v) is 2.14. The number of non-ortho nitro benzene ring substituents is 1. The summed E-state index contributed by atoms with van der Waals surface area (Å²) in [6.07, 6.45) is 0.920. The van der Waals surface area contributed by atoms with Crippen molar-refractivity contribution in [2.75, 3.05) is 10.6 Å². The second kappa shape index (κ2) is 7.40. The Kier molecular flexibility index (Phi) is 5.30. The van der Waals surface area contributed by atoms with Gasteiger partial charge in [-0.05, 0) is 37.1 Å². The molecule has 6 nitrogen and oxygen atoms in total. The third kappa shape index (κ3) is 4.54. The van der Waals surface area contributed by atoms with E-state index < -0.39 is 11.0 Å². The average Bonchev–Trinajstić information content (AvgIpc) is 2.55. The van der Waals surface area contributed by atoms with Gasteiger partial charge in [-0.2, -0.15) is 0 Å². The number of nitro benzene ring substituents is 1. The van der Waals surface area contributed by atoms with E-state index in [-0.39, 0.29) is 11.6 Å². The zero-order valence-corrected chi connectivity index (χ0v) is 13.1. The zero-order chi connectivity index (χ0) is 16.8. The van der Waals surface area contributed by atoms with Gasteiger partial charge in [0.25, 0.3) is 5.69 Å². The summed E-state index contributed by atoms with van der Waals surface area (Å²) in [5.41, 5.74) is 2.39. The van der Waals surface area contributed by atoms with E-state index in [1.54, 1.807) is 13.0 Å². The molecule has 0 aliphatic rings. The highest BCUT2D eigenvalue weighted by Gasteiger charge is 2.14. The second-order valence-corrected chi connectivity index (χ2v) is 5.22. The molecule has 1 unspecified atom stereocenters. The Balaban J connectivity index is 2.02. The summed E-state index contributed by atoms with van der Waals surface area (Å²) < 4.78 is 0. The molecule has 2 aromatic rings. The number of anilines is 2. The molecule has 23 heavy (non-hydrogen) atoms. The molecule has 0 aliphatic carbocycles. The molecule has 0 saturated heterocycles. The maximum absolute atomic E-state index is 12.2. The molecular formula is C17H19N3O3. The van der Waals surface area contributed by atoms with Crippen molar-refractivity contribution in [1.82, 2.24) is 0 Å². The van der Waals surface area contributed by atoms with Crippen molar-refractivity contribution in [1.29, 1.82) is 0 Å². The zero-order valence-electron chi connectivity index (χ0n) is 13.1. The summed E-state index contributed by atoms with van der Waals surface area (Å²) in [6.45, 7) is 3.81. The predicted molar refractivity (Wildman–Crippen MR) is 90.6 cm³/mol. The highest BCUT2D eigenvalue weighted by Crippen LogP contribution is 2.18. The largest absolute Gasteiger partial charge is 0.374 e. The quantitative estimate of drug-likeness (QED) is 0.630. The molecule has 0 radical (unpaired) electrons. The molecular weight excluding hydrogens is 294 g/mol. The van der Waals surface area contributed by atoms with Crippen LogP contribution >= 0.6 is 0 Å². The summed E-state index contributed by atoms with van der Waals surface area (Å²) in [4.78, 5) is 22.5. The third-order valence-electron chi connectivity index (χ3n) is 3.44. The van der Waals surface area contributed by atoms with Crippen LogP contribution in [0.1, 0.15) is 19.4 Å². The van der Waals surface area contributed by atoms with Gasteiger partial charge in [0.1, 0.15) is 6.04 Å². The first-order chi connectivity index (χ1) is 11.0. The van der Waals surface area contributed by atoms with E-state index in [1.165, 1.54) is 23.8 Å². The molecule has 0 bridgehead atoms. The van der Waals surface area contributed by atoms with Crippen molar-refractivity contribution in [3.63, 3.8) is 0 Å². The highest BCUT2D eigenvalue weighted by molar-refractivity contribution is 5.96. The normalized spacial score (nSPS) is 11.6. The molecule has 0 spiro atoms. The summed E-state index contributed by atoms with van der Waals surface area (Å²) >= 11 is 0. The average molecular weight is 313 g/mol. The van der Waals surface area contributed by atoms with Gasteiger partial charge in [-0.3, -0.25) is 14.9 Å². The monoisotopic (exact) mass is 313 g/mol. The first kappa shape index (κ1) is 16.5. The fourth-order valence-electron chi connectivity index (χ4n) is 2.14. The molecule has 0 aromatic heterocycles. The third-order valence-corrected chi connectivity index (χ3v) is 3.44. The van der Waals surface area contributed by atoms with E-state index in [2.05, 4.69) is 17.6 Å².